The summed E-state index contributed by atoms with van der Waals surface area (Å²) in [4.78, 5) is 21.7. The molecule has 3 heterocycles. The monoisotopic (exact) mass is 423 g/mol. The maximum absolute atomic E-state index is 13.2. The fourth-order valence-electron chi connectivity index (χ4n) is 4.48. The summed E-state index contributed by atoms with van der Waals surface area (Å²) >= 11 is 2.75. The smallest absolute Gasteiger partial charge is 0.242 e. The lowest BCUT2D eigenvalue weighted by atomic mass is 10.0. The van der Waals surface area contributed by atoms with Gasteiger partial charge >= 0.3 is 0 Å². The fourth-order valence-corrected chi connectivity index (χ4v) is 4.81. The minimum atomic E-state index is -0.197. The van der Waals surface area contributed by atoms with Gasteiger partial charge in [0.1, 0.15) is 17.9 Å². The van der Waals surface area contributed by atoms with E-state index in [-0.39, 0.29) is 23.7 Å². The van der Waals surface area contributed by atoms with E-state index in [0.717, 1.165) is 60.0 Å². The molecule has 0 unspecified atom stereocenters. The van der Waals surface area contributed by atoms with Gasteiger partial charge in [0.2, 0.25) is 5.91 Å². The molecule has 2 fully saturated rings. The van der Waals surface area contributed by atoms with Crippen molar-refractivity contribution in [3.05, 3.63) is 30.6 Å². The van der Waals surface area contributed by atoms with Gasteiger partial charge in [-0.25, -0.2) is 0 Å². The Morgan fingerprint density at radius 2 is 2.10 bits per heavy atom. The summed E-state index contributed by atoms with van der Waals surface area (Å²) in [6, 6.07) is 5.99. The number of likely N-dealkylation sites (N-methyl/N-ethyl adjacent to an activating group) is 1. The molecule has 158 valence electrons. The van der Waals surface area contributed by atoms with Crippen molar-refractivity contribution >= 4 is 37.4 Å². The Bertz CT molecular complexity index is 912. The van der Waals surface area contributed by atoms with Crippen molar-refractivity contribution in [2.75, 3.05) is 32.8 Å². The SMILES string of the molecule is CCN1CC(C)(C)OC[C@H]1C(=O)N1CCC(Oc2c[c]([Al])cc3ccncc23)CC1. The second-order valence-corrected chi connectivity index (χ2v) is 9.57. The highest BCUT2D eigenvalue weighted by Gasteiger charge is 2.39. The van der Waals surface area contributed by atoms with Crippen molar-refractivity contribution < 1.29 is 14.3 Å². The molecule has 1 aromatic heterocycles. The number of fused-ring (bicyclic) bond motifs is 1. The predicted molar refractivity (Wildman–Crippen MR) is 118 cm³/mol. The third-order valence-corrected chi connectivity index (χ3v) is 6.47. The normalized spacial score (nSPS) is 22.9. The van der Waals surface area contributed by atoms with Crippen LogP contribution >= 0.6 is 0 Å². The summed E-state index contributed by atoms with van der Waals surface area (Å²) in [6.45, 7) is 9.83. The molecular formula is C23H30AlN3O3. The first-order valence-corrected chi connectivity index (χ1v) is 11.4. The Balaban J connectivity index is 1.38. The zero-order chi connectivity index (χ0) is 21.3. The second kappa shape index (κ2) is 8.84. The number of amides is 1. The van der Waals surface area contributed by atoms with Crippen LogP contribution in [-0.2, 0) is 9.53 Å². The molecule has 2 aromatic rings. The maximum atomic E-state index is 13.2. The summed E-state index contributed by atoms with van der Waals surface area (Å²) in [5.41, 5.74) is -0.197. The number of hydrogen-bond donors (Lipinski definition) is 0. The number of pyridine rings is 1. The van der Waals surface area contributed by atoms with E-state index >= 15 is 0 Å². The number of carbonyl (C=O) groups excluding carboxylic acids is 1. The highest BCUT2D eigenvalue weighted by Crippen LogP contribution is 2.27. The molecule has 4 rings (SSSR count). The molecule has 7 heteroatoms. The standard InChI is InChI=1S/C23H30N3O3.Al/c1-4-25-16-23(2,3)28-15-20(25)22(27)26-12-9-18(10-13-26)29-21-7-5-6-17-8-11-24-14-19(17)21;/h6-8,11,14,18,20H,4,9-10,12-13,15-16H2,1-3H3;/t20-;/m0./s1. The Labute approximate surface area is 187 Å². The summed E-state index contributed by atoms with van der Waals surface area (Å²) in [6.07, 6.45) is 5.43. The number of rotatable bonds is 4. The van der Waals surface area contributed by atoms with Gasteiger partial charge in [-0.05, 0) is 37.9 Å². The Morgan fingerprint density at radius 1 is 1.33 bits per heavy atom. The average Bonchev–Trinajstić information content (AvgIpc) is 2.73. The first-order chi connectivity index (χ1) is 14.4. The van der Waals surface area contributed by atoms with Gasteiger partial charge in [-0.2, -0.15) is 0 Å². The summed E-state index contributed by atoms with van der Waals surface area (Å²) in [5.74, 6) is 1.06. The van der Waals surface area contributed by atoms with Crippen LogP contribution in [-0.4, -0.2) is 87.5 Å². The van der Waals surface area contributed by atoms with Crippen molar-refractivity contribution in [3.63, 3.8) is 0 Å². The fraction of sp³-hybridized carbons (Fsp3) is 0.565. The first-order valence-electron chi connectivity index (χ1n) is 10.8. The summed E-state index contributed by atoms with van der Waals surface area (Å²) in [5, 5.41) is 2.16. The van der Waals surface area contributed by atoms with Crippen LogP contribution in [0, 0.1) is 0 Å². The quantitative estimate of drug-likeness (QED) is 0.704. The largest absolute Gasteiger partial charge is 0.490 e. The van der Waals surface area contributed by atoms with Gasteiger partial charge in [0.05, 0.1) is 12.2 Å². The number of likely N-dealkylation sites (tertiary alicyclic amines) is 1. The van der Waals surface area contributed by atoms with Gasteiger partial charge < -0.3 is 14.4 Å². The van der Waals surface area contributed by atoms with Gasteiger partial charge in [-0.1, -0.05) is 13.0 Å². The van der Waals surface area contributed by atoms with Crippen LogP contribution in [0.4, 0.5) is 0 Å². The number of aromatic nitrogens is 1. The number of piperidine rings is 1. The summed E-state index contributed by atoms with van der Waals surface area (Å²) in [7, 11) is 0. The number of carbonyl (C=O) groups is 1. The predicted octanol–water partition coefficient (Wildman–Crippen LogP) is 1.90. The van der Waals surface area contributed by atoms with Crippen molar-refractivity contribution in [2.24, 2.45) is 0 Å². The van der Waals surface area contributed by atoms with Gasteiger partial charge in [-0.3, -0.25) is 14.7 Å². The molecule has 0 aliphatic carbocycles. The zero-order valence-electron chi connectivity index (χ0n) is 18.1. The van der Waals surface area contributed by atoms with Gasteiger partial charge in [0.15, 0.2) is 16.3 Å². The van der Waals surface area contributed by atoms with E-state index in [4.69, 9.17) is 9.47 Å². The molecule has 2 aliphatic heterocycles. The zero-order valence-corrected chi connectivity index (χ0v) is 19.3. The van der Waals surface area contributed by atoms with Crippen LogP contribution in [0.3, 0.4) is 0 Å². The molecule has 0 saturated carbocycles. The van der Waals surface area contributed by atoms with Crippen molar-refractivity contribution in [1.82, 2.24) is 14.8 Å². The van der Waals surface area contributed by atoms with Crippen molar-refractivity contribution in [1.29, 1.82) is 0 Å². The minimum absolute atomic E-state index is 0.105. The third-order valence-electron chi connectivity index (χ3n) is 6.14. The molecule has 0 spiro atoms. The lowest BCUT2D eigenvalue weighted by molar-refractivity contribution is -0.157. The molecule has 2 radical (unpaired) electrons. The van der Waals surface area contributed by atoms with Crippen LogP contribution in [0.1, 0.15) is 33.6 Å². The van der Waals surface area contributed by atoms with Crippen molar-refractivity contribution in [3.8, 4) is 5.75 Å². The molecular weight excluding hydrogens is 393 g/mol. The Kier molecular flexibility index (Phi) is 6.36. The topological polar surface area (TPSA) is 54.9 Å². The van der Waals surface area contributed by atoms with E-state index in [0.29, 0.717) is 6.61 Å². The van der Waals surface area contributed by atoms with E-state index in [2.05, 4.69) is 53.0 Å². The lowest BCUT2D eigenvalue weighted by Gasteiger charge is -2.44. The highest BCUT2D eigenvalue weighted by atomic mass is 27.0. The number of hydrogen-bond acceptors (Lipinski definition) is 5. The molecule has 0 bridgehead atoms. The van der Waals surface area contributed by atoms with Crippen LogP contribution in [0.5, 0.6) is 5.75 Å². The number of ether oxygens (including phenoxy) is 2. The van der Waals surface area contributed by atoms with E-state index < -0.39 is 0 Å². The van der Waals surface area contributed by atoms with E-state index in [9.17, 15) is 4.79 Å². The molecule has 1 amide bonds. The second-order valence-electron chi connectivity index (χ2n) is 8.91. The highest BCUT2D eigenvalue weighted by molar-refractivity contribution is 6.33. The van der Waals surface area contributed by atoms with Crippen LogP contribution < -0.4 is 9.16 Å². The molecule has 1 aromatic carbocycles. The lowest BCUT2D eigenvalue weighted by Crippen LogP contribution is -2.60. The molecule has 30 heavy (non-hydrogen) atoms. The molecule has 2 saturated heterocycles. The van der Waals surface area contributed by atoms with Gasteiger partial charge in [0, 0.05) is 50.3 Å². The molecule has 1 atom stereocenters. The van der Waals surface area contributed by atoms with Crippen LogP contribution in [0.2, 0.25) is 0 Å². The Morgan fingerprint density at radius 3 is 2.83 bits per heavy atom. The van der Waals surface area contributed by atoms with Gasteiger partial charge in [0.25, 0.3) is 0 Å². The van der Waals surface area contributed by atoms with E-state index in [1.807, 2.05) is 23.2 Å². The first kappa shape index (κ1) is 21.6. The minimum Gasteiger partial charge on any atom is -0.490 e. The molecule has 6 nitrogen and oxygen atoms in total. The average molecular weight is 423 g/mol. The number of nitrogens with zero attached hydrogens (tertiary/aromatic N) is 3. The maximum Gasteiger partial charge on any atom is 0.242 e. The summed E-state index contributed by atoms with van der Waals surface area (Å²) < 4.78 is 13.4. The van der Waals surface area contributed by atoms with Gasteiger partial charge in [-0.15, -0.1) is 4.43 Å². The Hall–Kier alpha value is -1.65. The van der Waals surface area contributed by atoms with Crippen LogP contribution in [0.15, 0.2) is 30.6 Å². The van der Waals surface area contributed by atoms with Crippen LogP contribution in [0.25, 0.3) is 10.8 Å². The van der Waals surface area contributed by atoms with E-state index in [1.165, 1.54) is 0 Å². The number of morpholine rings is 1. The molecule has 0 N–H and O–H groups in total. The third kappa shape index (κ3) is 4.65. The molecule has 2 aliphatic rings. The number of benzene rings is 1. The van der Waals surface area contributed by atoms with E-state index in [1.54, 1.807) is 6.20 Å². The van der Waals surface area contributed by atoms with Crippen molar-refractivity contribution in [2.45, 2.75) is 51.4 Å².